The van der Waals surface area contributed by atoms with Crippen LogP contribution < -0.4 is 0 Å². The van der Waals surface area contributed by atoms with Crippen LogP contribution in [-0.4, -0.2) is 11.0 Å². The summed E-state index contributed by atoms with van der Waals surface area (Å²) in [5, 5.41) is 8.68. The maximum atomic E-state index is 11.6. The van der Waals surface area contributed by atoms with Gasteiger partial charge in [0.15, 0.2) is 0 Å². The first-order valence-electron chi connectivity index (χ1n) is 7.94. The lowest BCUT2D eigenvalue weighted by molar-refractivity contribution is -0.118. The van der Waals surface area contributed by atoms with Crippen LogP contribution in [0.3, 0.4) is 0 Å². The summed E-state index contributed by atoms with van der Waals surface area (Å²) in [6.45, 7) is 2.15. The molecule has 0 N–H and O–H groups in total. The Morgan fingerprint density at radius 3 is 2.65 bits per heavy atom. The number of allylic oxidation sites excluding steroid dienone is 1. The van der Waals surface area contributed by atoms with Crippen molar-refractivity contribution in [3.8, 4) is 6.07 Å². The number of thiol groups is 1. The smallest absolute Gasteiger partial charge is 0.136 e. The van der Waals surface area contributed by atoms with Crippen LogP contribution in [0.1, 0.15) is 77.6 Å². The molecule has 0 aromatic rings. The molecule has 0 rings (SSSR count). The maximum Gasteiger partial charge on any atom is 0.136 e. The van der Waals surface area contributed by atoms with E-state index in [9.17, 15) is 4.79 Å². The predicted octanol–water partition coefficient (Wildman–Crippen LogP) is 5.24. The zero-order valence-corrected chi connectivity index (χ0v) is 13.7. The average molecular weight is 295 g/mol. The maximum absolute atomic E-state index is 11.6. The second-order valence-corrected chi connectivity index (χ2v) is 5.97. The Morgan fingerprint density at radius 1 is 1.20 bits per heavy atom. The summed E-state index contributed by atoms with van der Waals surface area (Å²) in [6.07, 6.45) is 14.8. The summed E-state index contributed by atoms with van der Waals surface area (Å²) in [7, 11) is 0. The summed E-state index contributed by atoms with van der Waals surface area (Å²) in [5.41, 5.74) is 0. The molecule has 0 aliphatic carbocycles. The summed E-state index contributed by atoms with van der Waals surface area (Å²) in [4.78, 5) is 11.6. The van der Waals surface area contributed by atoms with Crippen molar-refractivity contribution in [2.75, 3.05) is 0 Å². The average Bonchev–Trinajstić information content (AvgIpc) is 2.43. The zero-order valence-electron chi connectivity index (χ0n) is 12.8. The van der Waals surface area contributed by atoms with Gasteiger partial charge in [-0.25, -0.2) is 0 Å². The van der Waals surface area contributed by atoms with E-state index >= 15 is 0 Å². The van der Waals surface area contributed by atoms with E-state index in [1.165, 1.54) is 6.42 Å². The molecule has 0 saturated heterocycles. The standard InChI is InChI=1S/C17H29NOS/c1-2-3-7-11-16(19)12-10-14-17(20)13-8-5-4-6-9-15-18/h10,14,17,20H,2-9,11-13H2,1H3. The molecule has 0 aromatic carbocycles. The van der Waals surface area contributed by atoms with Crippen molar-refractivity contribution in [2.24, 2.45) is 0 Å². The Kier molecular flexibility index (Phi) is 14.1. The number of hydrogen-bond acceptors (Lipinski definition) is 3. The molecule has 0 spiro atoms. The van der Waals surface area contributed by atoms with E-state index in [2.05, 4.69) is 31.7 Å². The quantitative estimate of drug-likeness (QED) is 0.286. The summed E-state index contributed by atoms with van der Waals surface area (Å²) in [6, 6.07) is 2.17. The molecule has 114 valence electrons. The number of nitriles is 1. The van der Waals surface area contributed by atoms with Crippen molar-refractivity contribution in [2.45, 2.75) is 82.8 Å². The third-order valence-electron chi connectivity index (χ3n) is 3.30. The number of Topliss-reactive ketones (excluding diaryl/α,β-unsaturated/α-hetero) is 1. The van der Waals surface area contributed by atoms with Crippen LogP contribution in [0.2, 0.25) is 0 Å². The molecule has 0 bridgehead atoms. The fraction of sp³-hybridized carbons (Fsp3) is 0.765. The minimum Gasteiger partial charge on any atom is -0.299 e. The normalized spacial score (nSPS) is 12.4. The van der Waals surface area contributed by atoms with E-state index in [4.69, 9.17) is 5.26 Å². The molecule has 1 atom stereocenters. The van der Waals surface area contributed by atoms with E-state index in [0.717, 1.165) is 44.9 Å². The monoisotopic (exact) mass is 295 g/mol. The van der Waals surface area contributed by atoms with E-state index in [1.54, 1.807) is 0 Å². The van der Waals surface area contributed by atoms with Gasteiger partial charge in [0.25, 0.3) is 0 Å². The number of unbranched alkanes of at least 4 members (excludes halogenated alkanes) is 6. The molecule has 1 unspecified atom stereocenters. The molecule has 2 nitrogen and oxygen atoms in total. The van der Waals surface area contributed by atoms with Crippen LogP contribution in [0, 0.1) is 11.3 Å². The van der Waals surface area contributed by atoms with E-state index in [0.29, 0.717) is 25.0 Å². The molecular weight excluding hydrogens is 266 g/mol. The van der Waals surface area contributed by atoms with Gasteiger partial charge < -0.3 is 0 Å². The number of nitrogens with zero attached hydrogens (tertiary/aromatic N) is 1. The number of rotatable bonds is 13. The van der Waals surface area contributed by atoms with Gasteiger partial charge in [0, 0.05) is 24.5 Å². The Labute approximate surface area is 130 Å². The molecule has 3 heteroatoms. The number of ketones is 1. The van der Waals surface area contributed by atoms with Gasteiger partial charge in [0.2, 0.25) is 0 Å². The first kappa shape index (κ1) is 19.2. The van der Waals surface area contributed by atoms with Crippen LogP contribution in [0.15, 0.2) is 12.2 Å². The third-order valence-corrected chi connectivity index (χ3v) is 3.73. The van der Waals surface area contributed by atoms with Gasteiger partial charge in [0.1, 0.15) is 5.78 Å². The molecule has 0 fully saturated rings. The topological polar surface area (TPSA) is 40.9 Å². The Balaban J connectivity index is 3.50. The highest BCUT2D eigenvalue weighted by molar-refractivity contribution is 7.81. The van der Waals surface area contributed by atoms with Crippen molar-refractivity contribution in [1.82, 2.24) is 0 Å². The summed E-state index contributed by atoms with van der Waals surface area (Å²) < 4.78 is 0. The molecule has 0 radical (unpaired) electrons. The molecule has 20 heavy (non-hydrogen) atoms. The minimum atomic E-state index is 0.259. The van der Waals surface area contributed by atoms with Crippen LogP contribution >= 0.6 is 12.6 Å². The molecule has 0 heterocycles. The van der Waals surface area contributed by atoms with Crippen LogP contribution in [0.4, 0.5) is 0 Å². The fourth-order valence-electron chi connectivity index (χ4n) is 2.04. The highest BCUT2D eigenvalue weighted by atomic mass is 32.1. The van der Waals surface area contributed by atoms with Gasteiger partial charge in [-0.1, -0.05) is 51.2 Å². The highest BCUT2D eigenvalue weighted by Crippen LogP contribution is 2.12. The van der Waals surface area contributed by atoms with Crippen molar-refractivity contribution in [3.05, 3.63) is 12.2 Å². The van der Waals surface area contributed by atoms with Gasteiger partial charge >= 0.3 is 0 Å². The second-order valence-electron chi connectivity index (χ2n) is 5.31. The lowest BCUT2D eigenvalue weighted by Gasteiger charge is -2.04. The van der Waals surface area contributed by atoms with Gasteiger partial charge in [-0.05, 0) is 19.3 Å². The zero-order chi connectivity index (χ0) is 15.1. The summed E-state index contributed by atoms with van der Waals surface area (Å²) >= 11 is 4.51. The molecule has 0 aliphatic heterocycles. The van der Waals surface area contributed by atoms with Crippen molar-refractivity contribution >= 4 is 18.4 Å². The Morgan fingerprint density at radius 2 is 1.95 bits per heavy atom. The first-order valence-corrected chi connectivity index (χ1v) is 8.45. The molecular formula is C17H29NOS. The van der Waals surface area contributed by atoms with Crippen molar-refractivity contribution in [3.63, 3.8) is 0 Å². The van der Waals surface area contributed by atoms with E-state index in [1.807, 2.05) is 6.08 Å². The molecule has 0 aliphatic rings. The van der Waals surface area contributed by atoms with Gasteiger partial charge in [0.05, 0.1) is 6.07 Å². The largest absolute Gasteiger partial charge is 0.299 e. The number of carbonyl (C=O) groups is 1. The SMILES string of the molecule is CCCCCC(=O)CC=CC(S)CCCCCCC#N. The summed E-state index contributed by atoms with van der Waals surface area (Å²) in [5.74, 6) is 0.340. The highest BCUT2D eigenvalue weighted by Gasteiger charge is 2.01. The van der Waals surface area contributed by atoms with Gasteiger partial charge in [-0.3, -0.25) is 4.79 Å². The van der Waals surface area contributed by atoms with Gasteiger partial charge in [-0.2, -0.15) is 17.9 Å². The fourth-order valence-corrected chi connectivity index (χ4v) is 2.34. The lowest BCUT2D eigenvalue weighted by Crippen LogP contribution is -1.97. The predicted molar refractivity (Wildman–Crippen MR) is 89.0 cm³/mol. The molecule has 0 aromatic heterocycles. The van der Waals surface area contributed by atoms with Crippen molar-refractivity contribution < 1.29 is 4.79 Å². The number of carbonyl (C=O) groups excluding carboxylic acids is 1. The second kappa shape index (κ2) is 14.7. The molecule has 0 amide bonds. The van der Waals surface area contributed by atoms with Crippen LogP contribution in [0.25, 0.3) is 0 Å². The van der Waals surface area contributed by atoms with E-state index in [-0.39, 0.29) is 5.25 Å². The van der Waals surface area contributed by atoms with Crippen molar-refractivity contribution in [1.29, 1.82) is 5.26 Å². The third kappa shape index (κ3) is 13.7. The minimum absolute atomic E-state index is 0.259. The first-order chi connectivity index (χ1) is 9.70. The number of hydrogen-bond donors (Lipinski definition) is 1. The molecule has 0 saturated carbocycles. The lowest BCUT2D eigenvalue weighted by atomic mass is 10.1. The van der Waals surface area contributed by atoms with Crippen LogP contribution in [0.5, 0.6) is 0 Å². The van der Waals surface area contributed by atoms with E-state index < -0.39 is 0 Å². The van der Waals surface area contributed by atoms with Crippen LogP contribution in [-0.2, 0) is 4.79 Å². The Bertz CT molecular complexity index is 307. The van der Waals surface area contributed by atoms with Gasteiger partial charge in [-0.15, -0.1) is 0 Å². The Hall–Kier alpha value is -0.750.